The molecule has 0 spiro atoms. The molecule has 7 nitrogen and oxygen atoms in total. The van der Waals surface area contributed by atoms with Crippen molar-refractivity contribution in [1.29, 1.82) is 0 Å². The maximum absolute atomic E-state index is 12.2. The normalized spacial score (nSPS) is 10.8. The fourth-order valence-electron chi connectivity index (χ4n) is 2.61. The first-order valence-electron chi connectivity index (χ1n) is 8.24. The molecular formula is C19H16N6O. The number of rotatable bonds is 5. The molecule has 0 unspecified atom stereocenters. The summed E-state index contributed by atoms with van der Waals surface area (Å²) in [5, 5.41) is 2.86. The van der Waals surface area contributed by atoms with Crippen molar-refractivity contribution in [2.24, 2.45) is 0 Å². The van der Waals surface area contributed by atoms with Gasteiger partial charge in [-0.3, -0.25) is 9.78 Å². The van der Waals surface area contributed by atoms with E-state index >= 15 is 0 Å². The first-order valence-corrected chi connectivity index (χ1v) is 8.24. The van der Waals surface area contributed by atoms with Crippen LogP contribution >= 0.6 is 0 Å². The zero-order chi connectivity index (χ0) is 17.8. The van der Waals surface area contributed by atoms with E-state index in [-0.39, 0.29) is 5.91 Å². The highest BCUT2D eigenvalue weighted by atomic mass is 16.1. The topological polar surface area (TPSA) is 96.5 Å². The molecule has 2 N–H and O–H groups in total. The van der Waals surface area contributed by atoms with Crippen LogP contribution in [-0.4, -0.2) is 37.4 Å². The number of aromatic amines is 1. The van der Waals surface area contributed by atoms with Gasteiger partial charge in [-0.2, -0.15) is 0 Å². The Kier molecular flexibility index (Phi) is 4.34. The number of nitrogens with zero attached hydrogens (tertiary/aromatic N) is 4. The minimum atomic E-state index is -0.209. The lowest BCUT2D eigenvalue weighted by Gasteiger charge is -2.04. The molecule has 26 heavy (non-hydrogen) atoms. The van der Waals surface area contributed by atoms with E-state index in [1.807, 2.05) is 36.4 Å². The van der Waals surface area contributed by atoms with Crippen LogP contribution in [0.15, 0.2) is 61.2 Å². The van der Waals surface area contributed by atoms with Crippen molar-refractivity contribution in [3.05, 3.63) is 72.6 Å². The van der Waals surface area contributed by atoms with Gasteiger partial charge in [-0.05, 0) is 24.3 Å². The molecule has 4 rings (SSSR count). The molecule has 0 aliphatic carbocycles. The molecule has 0 fully saturated rings. The molecular weight excluding hydrogens is 328 g/mol. The summed E-state index contributed by atoms with van der Waals surface area (Å²) in [4.78, 5) is 32.5. The van der Waals surface area contributed by atoms with Gasteiger partial charge in [-0.25, -0.2) is 15.0 Å². The molecule has 7 heteroatoms. The Morgan fingerprint density at radius 1 is 1.04 bits per heavy atom. The third-order valence-electron chi connectivity index (χ3n) is 3.92. The Bertz CT molecular complexity index is 994. The summed E-state index contributed by atoms with van der Waals surface area (Å²) in [6.07, 6.45) is 7.03. The maximum atomic E-state index is 12.2. The molecule has 0 aliphatic heterocycles. The number of hydrogen-bond donors (Lipinski definition) is 2. The zero-order valence-corrected chi connectivity index (χ0v) is 13.9. The Hall–Kier alpha value is -3.61. The second kappa shape index (κ2) is 7.10. The summed E-state index contributed by atoms with van der Waals surface area (Å²) in [6.45, 7) is 0.475. The van der Waals surface area contributed by atoms with Crippen molar-refractivity contribution >= 4 is 16.9 Å². The van der Waals surface area contributed by atoms with Gasteiger partial charge in [0, 0.05) is 43.3 Å². The van der Waals surface area contributed by atoms with Gasteiger partial charge >= 0.3 is 0 Å². The lowest BCUT2D eigenvalue weighted by atomic mass is 10.2. The molecule has 0 saturated heterocycles. The van der Waals surface area contributed by atoms with Crippen LogP contribution in [0.1, 0.15) is 16.2 Å². The van der Waals surface area contributed by atoms with Gasteiger partial charge < -0.3 is 10.3 Å². The summed E-state index contributed by atoms with van der Waals surface area (Å²) in [5.41, 5.74) is 3.15. The molecule has 0 atom stereocenters. The predicted octanol–water partition coefficient (Wildman–Crippen LogP) is 2.39. The second-order valence-corrected chi connectivity index (χ2v) is 5.74. The smallest absolute Gasteiger partial charge is 0.254 e. The summed E-state index contributed by atoms with van der Waals surface area (Å²) >= 11 is 0. The number of amides is 1. The Morgan fingerprint density at radius 3 is 2.65 bits per heavy atom. The largest absolute Gasteiger partial charge is 0.351 e. The lowest BCUT2D eigenvalue weighted by Crippen LogP contribution is -2.26. The Labute approximate surface area is 149 Å². The van der Waals surface area contributed by atoms with E-state index in [4.69, 9.17) is 0 Å². The maximum Gasteiger partial charge on any atom is 0.254 e. The van der Waals surface area contributed by atoms with Crippen molar-refractivity contribution < 1.29 is 4.79 Å². The highest BCUT2D eigenvalue weighted by Gasteiger charge is 2.09. The minimum absolute atomic E-state index is 0.209. The SMILES string of the molecule is O=C(NCCc1nc2ccccc2[nH]1)c1cnc(-c2cccnc2)nc1. The second-order valence-electron chi connectivity index (χ2n) is 5.74. The van der Waals surface area contributed by atoms with Gasteiger partial charge in [0.2, 0.25) is 0 Å². The van der Waals surface area contributed by atoms with Gasteiger partial charge in [0.15, 0.2) is 5.82 Å². The number of benzene rings is 1. The van der Waals surface area contributed by atoms with E-state index in [1.165, 1.54) is 12.4 Å². The van der Waals surface area contributed by atoms with Crippen molar-refractivity contribution in [2.75, 3.05) is 6.54 Å². The number of H-pyrrole nitrogens is 1. The number of pyridine rings is 1. The average molecular weight is 344 g/mol. The first-order chi connectivity index (χ1) is 12.8. The van der Waals surface area contributed by atoms with E-state index in [2.05, 4.69) is 30.2 Å². The third kappa shape index (κ3) is 3.41. The van der Waals surface area contributed by atoms with Crippen LogP contribution in [0, 0.1) is 0 Å². The van der Waals surface area contributed by atoms with Crippen molar-refractivity contribution in [1.82, 2.24) is 30.2 Å². The number of nitrogens with one attached hydrogen (secondary N) is 2. The average Bonchev–Trinajstić information content (AvgIpc) is 3.11. The zero-order valence-electron chi connectivity index (χ0n) is 13.9. The van der Waals surface area contributed by atoms with Gasteiger partial charge in [0.05, 0.1) is 16.6 Å². The number of hydrogen-bond acceptors (Lipinski definition) is 5. The fourth-order valence-corrected chi connectivity index (χ4v) is 2.61. The van der Waals surface area contributed by atoms with Crippen LogP contribution in [0.3, 0.4) is 0 Å². The molecule has 1 amide bonds. The lowest BCUT2D eigenvalue weighted by molar-refractivity contribution is 0.0953. The van der Waals surface area contributed by atoms with E-state index in [1.54, 1.807) is 12.4 Å². The number of carbonyl (C=O) groups is 1. The number of imidazole rings is 1. The van der Waals surface area contributed by atoms with Gasteiger partial charge in [-0.15, -0.1) is 0 Å². The minimum Gasteiger partial charge on any atom is -0.351 e. The number of fused-ring (bicyclic) bond motifs is 1. The molecule has 0 saturated carbocycles. The fraction of sp³-hybridized carbons (Fsp3) is 0.105. The van der Waals surface area contributed by atoms with E-state index < -0.39 is 0 Å². The van der Waals surface area contributed by atoms with Crippen LogP contribution in [0.2, 0.25) is 0 Å². The van der Waals surface area contributed by atoms with Crippen molar-refractivity contribution in [2.45, 2.75) is 6.42 Å². The van der Waals surface area contributed by atoms with E-state index in [0.29, 0.717) is 24.4 Å². The summed E-state index contributed by atoms with van der Waals surface area (Å²) < 4.78 is 0. The molecule has 128 valence electrons. The summed E-state index contributed by atoms with van der Waals surface area (Å²) in [6, 6.07) is 11.5. The quantitative estimate of drug-likeness (QED) is 0.579. The van der Waals surface area contributed by atoms with Crippen LogP contribution < -0.4 is 5.32 Å². The summed E-state index contributed by atoms with van der Waals surface area (Å²) in [7, 11) is 0. The highest BCUT2D eigenvalue weighted by Crippen LogP contribution is 2.12. The van der Waals surface area contributed by atoms with E-state index in [0.717, 1.165) is 22.4 Å². The van der Waals surface area contributed by atoms with Gasteiger partial charge in [-0.1, -0.05) is 12.1 Å². The first kappa shape index (κ1) is 15.9. The van der Waals surface area contributed by atoms with Crippen LogP contribution in [0.5, 0.6) is 0 Å². The Morgan fingerprint density at radius 2 is 1.88 bits per heavy atom. The number of para-hydroxylation sites is 2. The number of carbonyl (C=O) groups excluding carboxylic acids is 1. The van der Waals surface area contributed by atoms with Crippen molar-refractivity contribution in [3.8, 4) is 11.4 Å². The van der Waals surface area contributed by atoms with Gasteiger partial charge in [0.25, 0.3) is 5.91 Å². The van der Waals surface area contributed by atoms with Crippen LogP contribution in [0.4, 0.5) is 0 Å². The molecule has 0 bridgehead atoms. The van der Waals surface area contributed by atoms with E-state index in [9.17, 15) is 4.79 Å². The Balaban J connectivity index is 1.36. The summed E-state index contributed by atoms with van der Waals surface area (Å²) in [5.74, 6) is 1.17. The van der Waals surface area contributed by atoms with Crippen LogP contribution in [-0.2, 0) is 6.42 Å². The van der Waals surface area contributed by atoms with Crippen molar-refractivity contribution in [3.63, 3.8) is 0 Å². The highest BCUT2D eigenvalue weighted by molar-refractivity contribution is 5.93. The molecule has 0 radical (unpaired) electrons. The molecule has 4 aromatic rings. The molecule has 3 aromatic heterocycles. The van der Waals surface area contributed by atoms with Gasteiger partial charge in [0.1, 0.15) is 5.82 Å². The standard InChI is InChI=1S/C19H16N6O/c26-19(14-11-22-18(23-12-14)13-4-3-8-20-10-13)21-9-7-17-24-15-5-1-2-6-16(15)25-17/h1-6,8,10-12H,7,9H2,(H,21,26)(H,24,25). The predicted molar refractivity (Wildman–Crippen MR) is 97.4 cm³/mol. The third-order valence-corrected chi connectivity index (χ3v) is 3.92. The molecule has 1 aromatic carbocycles. The molecule has 3 heterocycles. The molecule has 0 aliphatic rings. The number of aromatic nitrogens is 5. The van der Waals surface area contributed by atoms with Crippen LogP contribution in [0.25, 0.3) is 22.4 Å². The monoisotopic (exact) mass is 344 g/mol.